The number of benzene rings is 1. The lowest BCUT2D eigenvalue weighted by atomic mass is 10.0. The molecule has 1 saturated heterocycles. The molecule has 1 aliphatic rings. The van der Waals surface area contributed by atoms with Crippen molar-refractivity contribution in [2.75, 3.05) is 48.9 Å². The summed E-state index contributed by atoms with van der Waals surface area (Å²) in [4.78, 5) is 28.1. The van der Waals surface area contributed by atoms with Crippen LogP contribution in [0.1, 0.15) is 16.1 Å². The third-order valence-electron chi connectivity index (χ3n) is 5.52. The number of carbonyl (C=O) groups is 1. The molecule has 0 spiro atoms. The van der Waals surface area contributed by atoms with E-state index in [0.29, 0.717) is 31.0 Å². The lowest BCUT2D eigenvalue weighted by Gasteiger charge is -2.30. The van der Waals surface area contributed by atoms with E-state index < -0.39 is 5.91 Å². The third kappa shape index (κ3) is 5.78. The van der Waals surface area contributed by atoms with Gasteiger partial charge in [0.2, 0.25) is 0 Å². The van der Waals surface area contributed by atoms with Gasteiger partial charge in [0.15, 0.2) is 11.5 Å². The molecule has 3 aromatic rings. The summed E-state index contributed by atoms with van der Waals surface area (Å²) in [6, 6.07) is 9.60. The summed E-state index contributed by atoms with van der Waals surface area (Å²) >= 11 is 2.04. The summed E-state index contributed by atoms with van der Waals surface area (Å²) in [5.74, 6) is -0.404. The zero-order valence-electron chi connectivity index (χ0n) is 18.4. The molecule has 34 heavy (non-hydrogen) atoms. The third-order valence-corrected chi connectivity index (χ3v) is 6.40. The molecule has 0 radical (unpaired) electrons. The number of hydrogen-bond donors (Lipinski definition) is 4. The lowest BCUT2D eigenvalue weighted by Crippen LogP contribution is -2.36. The first kappa shape index (κ1) is 24.3. The number of rotatable bonds is 8. The van der Waals surface area contributed by atoms with Crippen molar-refractivity contribution < 1.29 is 14.6 Å². The molecule has 1 fully saturated rings. The number of aromatic nitrogens is 3. The maximum Gasteiger partial charge on any atom is 0.278 e. The number of nitrogens with two attached hydrogens (primary N) is 1. The maximum absolute atomic E-state index is 13.1. The molecule has 1 atom stereocenters. The molecule has 0 unspecified atom stereocenters. The Morgan fingerprint density at radius 2 is 1.97 bits per heavy atom. The molecule has 2 aromatic heterocycles. The van der Waals surface area contributed by atoms with Gasteiger partial charge in [-0.3, -0.25) is 13.3 Å². The van der Waals surface area contributed by atoms with Crippen molar-refractivity contribution in [2.24, 2.45) is 0 Å². The summed E-state index contributed by atoms with van der Waals surface area (Å²) in [5.41, 5.74) is 9.91. The van der Waals surface area contributed by atoms with E-state index in [1.165, 1.54) is 0 Å². The van der Waals surface area contributed by atoms with Crippen molar-refractivity contribution in [3.8, 4) is 11.3 Å². The van der Waals surface area contributed by atoms with Crippen LogP contribution >= 0.6 is 22.9 Å². The van der Waals surface area contributed by atoms with E-state index in [4.69, 9.17) is 10.5 Å². The van der Waals surface area contributed by atoms with Crippen molar-refractivity contribution in [1.29, 1.82) is 0 Å². The van der Waals surface area contributed by atoms with E-state index in [1.807, 2.05) is 53.2 Å². The molecule has 11 heteroatoms. The molecule has 1 aromatic carbocycles. The van der Waals surface area contributed by atoms with Gasteiger partial charge in [-0.15, -0.1) is 0 Å². The van der Waals surface area contributed by atoms with Crippen LogP contribution < -0.4 is 19.5 Å². The number of aliphatic hydroxyl groups excluding tert-OH is 1. The average Bonchev–Trinajstić information content (AvgIpc) is 2.89. The first-order chi connectivity index (χ1) is 16.6. The van der Waals surface area contributed by atoms with Gasteiger partial charge in [-0.2, -0.15) is 0 Å². The van der Waals surface area contributed by atoms with Crippen LogP contribution in [-0.2, 0) is 11.2 Å². The van der Waals surface area contributed by atoms with Gasteiger partial charge in [0.1, 0.15) is 0 Å². The molecule has 5 N–H and O–H groups in total. The molecule has 178 valence electrons. The van der Waals surface area contributed by atoms with Crippen molar-refractivity contribution in [1.82, 2.24) is 18.5 Å². The fraction of sp³-hybridized carbons (Fsp3) is 0.304. The summed E-state index contributed by atoms with van der Waals surface area (Å²) in [6.45, 7) is 2.77. The minimum atomic E-state index is -0.454. The number of amides is 1. The number of morpholine rings is 1. The first-order valence-electron chi connectivity index (χ1n) is 10.9. The zero-order chi connectivity index (χ0) is 23.9. The number of nitrogens with one attached hydrogen (secondary N) is 2. The predicted octanol–water partition coefficient (Wildman–Crippen LogP) is 2.05. The Bertz CT molecular complexity index is 1120. The molecular formula is C23H26IN7O3. The number of halogens is 1. The molecule has 3 heterocycles. The molecule has 1 aliphatic heterocycles. The number of ether oxygens (including phenoxy) is 1. The zero-order valence-corrected chi connectivity index (χ0v) is 20.6. The quantitative estimate of drug-likeness (QED) is 0.235. The second-order valence-corrected chi connectivity index (χ2v) is 8.45. The number of hydrogen-bond acceptors (Lipinski definition) is 9. The van der Waals surface area contributed by atoms with Crippen molar-refractivity contribution >= 4 is 46.0 Å². The highest BCUT2D eigenvalue weighted by Gasteiger charge is 2.20. The smallest absolute Gasteiger partial charge is 0.278 e. The number of carbonyl (C=O) groups excluding carboxylic acids is 1. The van der Waals surface area contributed by atoms with E-state index in [-0.39, 0.29) is 24.2 Å². The maximum atomic E-state index is 13.1. The standard InChI is InChI=1S/C23H26IN7O3/c24-30-17(14-32)11-15-1-3-16(4-2-15)18-13-27-22(25)21(28-18)23(33)29-19-12-26-6-5-20(19)31-7-9-34-10-8-31/h1-6,12-13,17,30,32H,7-11,14H2,(H2,25,27)(H,29,33)/t17-/m0/s1. The molecule has 0 bridgehead atoms. The minimum absolute atomic E-state index is 0.0205. The van der Waals surface area contributed by atoms with Crippen LogP contribution in [0.15, 0.2) is 48.9 Å². The SMILES string of the molecule is Nc1ncc(-c2ccc(C[C@@H](CO)NI)cc2)nc1C(=O)Nc1cnccc1N1CCOCC1. The normalized spacial score (nSPS) is 14.6. The highest BCUT2D eigenvalue weighted by atomic mass is 127. The number of nitrogen functional groups attached to an aromatic ring is 1. The second kappa shape index (κ2) is 11.5. The van der Waals surface area contributed by atoms with Gasteiger partial charge in [-0.05, 0) is 18.1 Å². The summed E-state index contributed by atoms with van der Waals surface area (Å²) in [5, 5.41) is 12.3. The predicted molar refractivity (Wildman–Crippen MR) is 139 cm³/mol. The Balaban J connectivity index is 1.53. The molecule has 0 saturated carbocycles. The monoisotopic (exact) mass is 575 g/mol. The summed E-state index contributed by atoms with van der Waals surface area (Å²) < 4.78 is 8.47. The Hall–Kier alpha value is -2.87. The Kier molecular flexibility index (Phi) is 8.21. The second-order valence-electron chi connectivity index (χ2n) is 7.83. The van der Waals surface area contributed by atoms with Gasteiger partial charge in [0.25, 0.3) is 5.91 Å². The summed E-state index contributed by atoms with van der Waals surface area (Å²) in [6.07, 6.45) is 5.54. The molecule has 10 nitrogen and oxygen atoms in total. The van der Waals surface area contributed by atoms with Crippen LogP contribution in [0.5, 0.6) is 0 Å². The fourth-order valence-electron chi connectivity index (χ4n) is 3.68. The van der Waals surface area contributed by atoms with Crippen LogP contribution in [-0.4, -0.2) is 64.9 Å². The van der Waals surface area contributed by atoms with E-state index >= 15 is 0 Å². The van der Waals surface area contributed by atoms with Crippen molar-refractivity contribution in [3.05, 3.63) is 60.2 Å². The number of anilines is 3. The van der Waals surface area contributed by atoms with E-state index in [9.17, 15) is 9.90 Å². The van der Waals surface area contributed by atoms with Crippen molar-refractivity contribution in [2.45, 2.75) is 12.5 Å². The Labute approximate surface area is 211 Å². The highest BCUT2D eigenvalue weighted by molar-refractivity contribution is 14.1. The molecule has 1 amide bonds. The molecule has 0 aliphatic carbocycles. The van der Waals surface area contributed by atoms with Crippen LogP contribution in [0.25, 0.3) is 11.3 Å². The molecule has 4 rings (SSSR count). The number of pyridine rings is 1. The van der Waals surface area contributed by atoms with E-state index in [2.05, 4.69) is 28.7 Å². The van der Waals surface area contributed by atoms with Crippen LogP contribution in [0.3, 0.4) is 0 Å². The van der Waals surface area contributed by atoms with Gasteiger partial charge >= 0.3 is 0 Å². The average molecular weight is 575 g/mol. The van der Waals surface area contributed by atoms with Gasteiger partial charge in [-0.1, -0.05) is 24.3 Å². The number of aliphatic hydroxyl groups is 1. The number of nitrogens with zero attached hydrogens (tertiary/aromatic N) is 4. The van der Waals surface area contributed by atoms with Gasteiger partial charge in [0, 0.05) is 53.8 Å². The summed E-state index contributed by atoms with van der Waals surface area (Å²) in [7, 11) is 0. The van der Waals surface area contributed by atoms with Gasteiger partial charge < -0.3 is 25.8 Å². The van der Waals surface area contributed by atoms with E-state index in [0.717, 1.165) is 29.9 Å². The Morgan fingerprint density at radius 3 is 2.68 bits per heavy atom. The van der Waals surface area contributed by atoms with Gasteiger partial charge in [0.05, 0.1) is 49.3 Å². The highest BCUT2D eigenvalue weighted by Crippen LogP contribution is 2.27. The largest absolute Gasteiger partial charge is 0.395 e. The topological polar surface area (TPSA) is 139 Å². The Morgan fingerprint density at radius 1 is 1.21 bits per heavy atom. The molecular weight excluding hydrogens is 549 g/mol. The first-order valence-corrected chi connectivity index (χ1v) is 11.9. The van der Waals surface area contributed by atoms with E-state index in [1.54, 1.807) is 18.6 Å². The van der Waals surface area contributed by atoms with Gasteiger partial charge in [-0.25, -0.2) is 9.97 Å². The van der Waals surface area contributed by atoms with Crippen LogP contribution in [0.4, 0.5) is 17.2 Å². The lowest BCUT2D eigenvalue weighted by molar-refractivity contribution is 0.102. The van der Waals surface area contributed by atoms with Crippen molar-refractivity contribution in [3.63, 3.8) is 0 Å². The fourth-order valence-corrected chi connectivity index (χ4v) is 4.10. The minimum Gasteiger partial charge on any atom is -0.395 e. The van der Waals surface area contributed by atoms with Crippen LogP contribution in [0.2, 0.25) is 0 Å². The van der Waals surface area contributed by atoms with Crippen LogP contribution in [0, 0.1) is 0 Å².